The first kappa shape index (κ1) is 10.6. The van der Waals surface area contributed by atoms with Crippen molar-refractivity contribution in [3.05, 3.63) is 36.2 Å². The van der Waals surface area contributed by atoms with Crippen LogP contribution in [0.1, 0.15) is 0 Å². The van der Waals surface area contributed by atoms with E-state index in [0.29, 0.717) is 5.56 Å². The van der Waals surface area contributed by atoms with Crippen LogP contribution in [0.3, 0.4) is 0 Å². The lowest BCUT2D eigenvalue weighted by molar-refractivity contribution is 0.509. The van der Waals surface area contributed by atoms with Crippen LogP contribution < -0.4 is 4.90 Å². The highest BCUT2D eigenvalue weighted by molar-refractivity contribution is 5.78. The summed E-state index contributed by atoms with van der Waals surface area (Å²) in [4.78, 5) is 1.54. The molecule has 1 aromatic carbocycles. The van der Waals surface area contributed by atoms with Gasteiger partial charge in [0.15, 0.2) is 11.6 Å². The van der Waals surface area contributed by atoms with E-state index in [-0.39, 0.29) is 5.69 Å². The molecule has 1 heterocycles. The predicted molar refractivity (Wildman–Crippen MR) is 58.3 cm³/mol. The molecule has 0 saturated heterocycles. The quantitative estimate of drug-likeness (QED) is 0.847. The number of benzene rings is 1. The van der Waals surface area contributed by atoms with Gasteiger partial charge < -0.3 is 4.90 Å². The fraction of sp³-hybridized carbons (Fsp3) is 0.182. The molecule has 0 radical (unpaired) electrons. The summed E-state index contributed by atoms with van der Waals surface area (Å²) in [5.74, 6) is -1.69. The first-order chi connectivity index (χ1) is 7.61. The third kappa shape index (κ3) is 1.64. The summed E-state index contributed by atoms with van der Waals surface area (Å²) in [7, 11) is 3.34. The van der Waals surface area contributed by atoms with Gasteiger partial charge in [0.05, 0.1) is 11.9 Å². The van der Waals surface area contributed by atoms with Crippen molar-refractivity contribution in [3.8, 4) is 11.1 Å². The fourth-order valence-electron chi connectivity index (χ4n) is 1.61. The second-order valence-electron chi connectivity index (χ2n) is 3.64. The molecule has 84 valence electrons. The lowest BCUT2D eigenvalue weighted by Crippen LogP contribution is -2.13. The Labute approximate surface area is 91.7 Å². The lowest BCUT2D eigenvalue weighted by Gasteiger charge is -2.17. The Bertz CT molecular complexity index is 492. The molecule has 0 unspecified atom stereocenters. The molecular weight excluding hydrogens is 212 g/mol. The number of anilines is 1. The Balaban J connectivity index is 2.66. The van der Waals surface area contributed by atoms with Crippen molar-refractivity contribution < 1.29 is 8.78 Å². The van der Waals surface area contributed by atoms with Crippen LogP contribution in [0.25, 0.3) is 11.1 Å². The molecule has 5 heteroatoms. The minimum Gasteiger partial charge on any atom is -0.375 e. The van der Waals surface area contributed by atoms with E-state index in [1.54, 1.807) is 37.5 Å². The SMILES string of the molecule is CN(C)c1c(-c2cn[nH]c2)ccc(F)c1F. The number of aromatic nitrogens is 2. The van der Waals surface area contributed by atoms with E-state index in [2.05, 4.69) is 10.2 Å². The first-order valence-corrected chi connectivity index (χ1v) is 4.75. The Morgan fingerprint density at radius 3 is 2.56 bits per heavy atom. The van der Waals surface area contributed by atoms with Crippen LogP contribution in [0.2, 0.25) is 0 Å². The fourth-order valence-corrected chi connectivity index (χ4v) is 1.61. The Morgan fingerprint density at radius 1 is 1.25 bits per heavy atom. The standard InChI is InChI=1S/C11H11F2N3/c1-16(2)11-8(7-5-14-15-6-7)3-4-9(12)10(11)13/h3-6H,1-2H3,(H,14,15). The van der Waals surface area contributed by atoms with Crippen molar-refractivity contribution in [2.75, 3.05) is 19.0 Å². The van der Waals surface area contributed by atoms with Gasteiger partial charge in [-0.3, -0.25) is 5.10 Å². The third-order valence-corrected chi connectivity index (χ3v) is 2.33. The van der Waals surface area contributed by atoms with E-state index in [1.807, 2.05) is 0 Å². The number of nitrogens with zero attached hydrogens (tertiary/aromatic N) is 2. The molecule has 0 bridgehead atoms. The molecule has 1 aromatic heterocycles. The van der Waals surface area contributed by atoms with Crippen LogP contribution in [0, 0.1) is 11.6 Å². The zero-order chi connectivity index (χ0) is 11.7. The number of rotatable bonds is 2. The Morgan fingerprint density at radius 2 is 2.00 bits per heavy atom. The molecule has 16 heavy (non-hydrogen) atoms. The van der Waals surface area contributed by atoms with Crippen molar-refractivity contribution >= 4 is 5.69 Å². The second-order valence-corrected chi connectivity index (χ2v) is 3.64. The monoisotopic (exact) mass is 223 g/mol. The lowest BCUT2D eigenvalue weighted by atomic mass is 10.1. The summed E-state index contributed by atoms with van der Waals surface area (Å²) in [6, 6.07) is 2.66. The highest BCUT2D eigenvalue weighted by Gasteiger charge is 2.16. The first-order valence-electron chi connectivity index (χ1n) is 4.75. The predicted octanol–water partition coefficient (Wildman–Crippen LogP) is 2.42. The second kappa shape index (κ2) is 3.92. The zero-order valence-electron chi connectivity index (χ0n) is 8.96. The Hall–Kier alpha value is -1.91. The van der Waals surface area contributed by atoms with E-state index in [9.17, 15) is 8.78 Å². The molecule has 0 aliphatic rings. The van der Waals surface area contributed by atoms with Crippen LogP contribution in [0.5, 0.6) is 0 Å². The summed E-state index contributed by atoms with van der Waals surface area (Å²) in [5, 5.41) is 6.44. The number of hydrogen-bond donors (Lipinski definition) is 1. The average Bonchev–Trinajstić information content (AvgIpc) is 2.74. The summed E-state index contributed by atoms with van der Waals surface area (Å²) in [5.41, 5.74) is 1.56. The maximum atomic E-state index is 13.7. The number of hydrogen-bond acceptors (Lipinski definition) is 2. The van der Waals surface area contributed by atoms with E-state index in [0.717, 1.165) is 11.6 Å². The molecule has 0 aliphatic heterocycles. The normalized spacial score (nSPS) is 10.5. The summed E-state index contributed by atoms with van der Waals surface area (Å²) >= 11 is 0. The molecule has 0 saturated carbocycles. The molecule has 0 amide bonds. The highest BCUT2D eigenvalue weighted by Crippen LogP contribution is 2.32. The van der Waals surface area contributed by atoms with Gasteiger partial charge in [0, 0.05) is 31.4 Å². The number of aromatic amines is 1. The van der Waals surface area contributed by atoms with E-state index in [1.165, 1.54) is 0 Å². The zero-order valence-corrected chi connectivity index (χ0v) is 8.96. The van der Waals surface area contributed by atoms with E-state index in [4.69, 9.17) is 0 Å². The van der Waals surface area contributed by atoms with Crippen LogP contribution in [0.4, 0.5) is 14.5 Å². The van der Waals surface area contributed by atoms with Gasteiger partial charge in [0.2, 0.25) is 0 Å². The third-order valence-electron chi connectivity index (χ3n) is 2.33. The van der Waals surface area contributed by atoms with Crippen LogP contribution in [0.15, 0.2) is 24.5 Å². The van der Waals surface area contributed by atoms with Gasteiger partial charge >= 0.3 is 0 Å². The van der Waals surface area contributed by atoms with Gasteiger partial charge in [-0.25, -0.2) is 8.78 Å². The maximum Gasteiger partial charge on any atom is 0.182 e. The maximum absolute atomic E-state index is 13.7. The number of nitrogens with one attached hydrogen (secondary N) is 1. The van der Waals surface area contributed by atoms with Crippen molar-refractivity contribution in [1.82, 2.24) is 10.2 Å². The molecule has 1 N–H and O–H groups in total. The van der Waals surface area contributed by atoms with Gasteiger partial charge in [-0.15, -0.1) is 0 Å². The van der Waals surface area contributed by atoms with Gasteiger partial charge in [-0.2, -0.15) is 5.10 Å². The molecule has 0 atom stereocenters. The molecule has 2 aromatic rings. The molecule has 3 nitrogen and oxygen atoms in total. The highest BCUT2D eigenvalue weighted by atomic mass is 19.2. The van der Waals surface area contributed by atoms with Gasteiger partial charge in [-0.05, 0) is 12.1 Å². The van der Waals surface area contributed by atoms with Crippen molar-refractivity contribution in [3.63, 3.8) is 0 Å². The summed E-state index contributed by atoms with van der Waals surface area (Å²) in [6.45, 7) is 0. The topological polar surface area (TPSA) is 31.9 Å². The molecular formula is C11H11F2N3. The number of H-pyrrole nitrogens is 1. The van der Waals surface area contributed by atoms with Gasteiger partial charge in [0.1, 0.15) is 0 Å². The van der Waals surface area contributed by atoms with Crippen LogP contribution >= 0.6 is 0 Å². The largest absolute Gasteiger partial charge is 0.375 e. The van der Waals surface area contributed by atoms with Crippen LogP contribution in [-0.2, 0) is 0 Å². The average molecular weight is 223 g/mol. The van der Waals surface area contributed by atoms with Gasteiger partial charge in [0.25, 0.3) is 0 Å². The van der Waals surface area contributed by atoms with Crippen molar-refractivity contribution in [2.45, 2.75) is 0 Å². The van der Waals surface area contributed by atoms with Gasteiger partial charge in [-0.1, -0.05) is 0 Å². The van der Waals surface area contributed by atoms with E-state index >= 15 is 0 Å². The summed E-state index contributed by atoms with van der Waals surface area (Å²) in [6.07, 6.45) is 3.21. The van der Waals surface area contributed by atoms with Crippen LogP contribution in [-0.4, -0.2) is 24.3 Å². The number of halogens is 2. The smallest absolute Gasteiger partial charge is 0.182 e. The summed E-state index contributed by atoms with van der Waals surface area (Å²) < 4.78 is 26.8. The van der Waals surface area contributed by atoms with E-state index < -0.39 is 11.6 Å². The van der Waals surface area contributed by atoms with Crippen molar-refractivity contribution in [2.24, 2.45) is 0 Å². The Kier molecular flexibility index (Phi) is 2.60. The van der Waals surface area contributed by atoms with Crippen molar-refractivity contribution in [1.29, 1.82) is 0 Å². The molecule has 0 fully saturated rings. The molecule has 0 spiro atoms. The minimum atomic E-state index is -0.851. The molecule has 0 aliphatic carbocycles. The molecule has 2 rings (SSSR count). The minimum absolute atomic E-state index is 0.224.